The maximum atomic E-state index is 12.0. The summed E-state index contributed by atoms with van der Waals surface area (Å²) in [7, 11) is 0. The van der Waals surface area contributed by atoms with Gasteiger partial charge in [0.2, 0.25) is 5.28 Å². The molecule has 17 heavy (non-hydrogen) atoms. The van der Waals surface area contributed by atoms with Crippen molar-refractivity contribution in [2.45, 2.75) is 6.54 Å². The van der Waals surface area contributed by atoms with Crippen LogP contribution >= 0.6 is 27.5 Å². The molecule has 88 valence electrons. The highest BCUT2D eigenvalue weighted by Gasteiger charge is 2.11. The van der Waals surface area contributed by atoms with E-state index in [-0.39, 0.29) is 5.28 Å². The van der Waals surface area contributed by atoms with E-state index in [1.165, 1.54) is 0 Å². The van der Waals surface area contributed by atoms with Crippen LogP contribution in [0.25, 0.3) is 10.9 Å². The van der Waals surface area contributed by atoms with E-state index >= 15 is 0 Å². The number of carboxylic acids is 1. The van der Waals surface area contributed by atoms with Crippen molar-refractivity contribution in [1.29, 1.82) is 0 Å². The molecule has 0 aliphatic rings. The molecule has 0 atom stereocenters. The lowest BCUT2D eigenvalue weighted by Gasteiger charge is -2.06. The quantitative estimate of drug-likeness (QED) is 0.859. The Morgan fingerprint density at radius 3 is 2.88 bits per heavy atom. The molecule has 1 aromatic carbocycles. The fourth-order valence-corrected chi connectivity index (χ4v) is 2.03. The van der Waals surface area contributed by atoms with Crippen LogP contribution in [0.2, 0.25) is 5.28 Å². The molecule has 0 aliphatic carbocycles. The van der Waals surface area contributed by atoms with E-state index in [0.29, 0.717) is 15.4 Å². The summed E-state index contributed by atoms with van der Waals surface area (Å²) in [5, 5.41) is 8.88. The zero-order chi connectivity index (χ0) is 12.6. The minimum Gasteiger partial charge on any atom is -0.480 e. The molecule has 0 bridgehead atoms. The van der Waals surface area contributed by atoms with Crippen LogP contribution in [0.3, 0.4) is 0 Å². The molecule has 0 radical (unpaired) electrons. The van der Waals surface area contributed by atoms with Crippen LogP contribution in [-0.4, -0.2) is 20.6 Å². The van der Waals surface area contributed by atoms with Gasteiger partial charge in [-0.15, -0.1) is 0 Å². The van der Waals surface area contributed by atoms with E-state index in [1.807, 2.05) is 0 Å². The number of carbonyl (C=O) groups is 1. The summed E-state index contributed by atoms with van der Waals surface area (Å²) >= 11 is 9.00. The van der Waals surface area contributed by atoms with Crippen LogP contribution in [0.15, 0.2) is 27.5 Å². The van der Waals surface area contributed by atoms with Crippen molar-refractivity contribution in [1.82, 2.24) is 9.55 Å². The Hall–Kier alpha value is -1.40. The number of aliphatic carboxylic acids is 1. The Labute approximate surface area is 109 Å². The van der Waals surface area contributed by atoms with E-state index in [9.17, 15) is 9.59 Å². The van der Waals surface area contributed by atoms with Gasteiger partial charge in [0.25, 0.3) is 5.56 Å². The lowest BCUT2D eigenvalue weighted by Crippen LogP contribution is -2.25. The molecule has 1 aromatic heterocycles. The third-order valence-corrected chi connectivity index (χ3v) is 2.94. The van der Waals surface area contributed by atoms with Crippen molar-refractivity contribution >= 4 is 44.4 Å². The summed E-state index contributed by atoms with van der Waals surface area (Å²) in [6, 6.07) is 4.95. The number of fused-ring (bicyclic) bond motifs is 1. The van der Waals surface area contributed by atoms with Gasteiger partial charge in [-0.25, -0.2) is 4.98 Å². The fraction of sp³-hybridized carbons (Fsp3) is 0.100. The van der Waals surface area contributed by atoms with Gasteiger partial charge >= 0.3 is 5.97 Å². The summed E-state index contributed by atoms with van der Waals surface area (Å²) in [5.74, 6) is -1.15. The number of aromatic nitrogens is 2. The van der Waals surface area contributed by atoms with Gasteiger partial charge in [-0.1, -0.05) is 15.9 Å². The molecule has 0 saturated heterocycles. The topological polar surface area (TPSA) is 72.2 Å². The average molecular weight is 318 g/mol. The Morgan fingerprint density at radius 2 is 2.24 bits per heavy atom. The molecule has 2 rings (SSSR count). The lowest BCUT2D eigenvalue weighted by atomic mass is 10.2. The molecular weight excluding hydrogens is 311 g/mol. The van der Waals surface area contributed by atoms with Crippen LogP contribution in [0, 0.1) is 0 Å². The molecule has 0 saturated carbocycles. The van der Waals surface area contributed by atoms with E-state index in [4.69, 9.17) is 16.7 Å². The van der Waals surface area contributed by atoms with Gasteiger partial charge in [0.1, 0.15) is 6.54 Å². The predicted molar refractivity (Wildman–Crippen MR) is 66.3 cm³/mol. The molecule has 0 spiro atoms. The van der Waals surface area contributed by atoms with E-state index in [0.717, 1.165) is 4.57 Å². The summed E-state index contributed by atoms with van der Waals surface area (Å²) < 4.78 is 1.63. The zero-order valence-electron chi connectivity index (χ0n) is 8.35. The van der Waals surface area contributed by atoms with Crippen molar-refractivity contribution in [2.75, 3.05) is 0 Å². The molecule has 5 nitrogen and oxygen atoms in total. The van der Waals surface area contributed by atoms with E-state index < -0.39 is 18.1 Å². The molecule has 0 unspecified atom stereocenters. The minimum absolute atomic E-state index is 0.132. The number of hydrogen-bond acceptors (Lipinski definition) is 3. The number of carboxylic acid groups (broad SMARTS) is 1. The Morgan fingerprint density at radius 1 is 1.53 bits per heavy atom. The highest BCUT2D eigenvalue weighted by Crippen LogP contribution is 2.17. The molecular formula is C10H6BrClN2O3. The fourth-order valence-electron chi connectivity index (χ4n) is 1.44. The predicted octanol–water partition coefficient (Wildman–Crippen LogP) is 1.90. The van der Waals surface area contributed by atoms with E-state index in [1.54, 1.807) is 18.2 Å². The Bertz CT molecular complexity index is 668. The SMILES string of the molecule is O=C(O)Cn1c(Cl)nc2ccc(Br)cc2c1=O. The third-order valence-electron chi connectivity index (χ3n) is 2.16. The summed E-state index contributed by atoms with van der Waals surface area (Å²) in [5.41, 5.74) is -0.0338. The third kappa shape index (κ3) is 2.32. The van der Waals surface area contributed by atoms with Crippen LogP contribution in [0.5, 0.6) is 0 Å². The van der Waals surface area contributed by atoms with Gasteiger partial charge in [0.15, 0.2) is 0 Å². The molecule has 1 N–H and O–H groups in total. The Balaban J connectivity index is 2.78. The Kier molecular flexibility index (Phi) is 3.17. The van der Waals surface area contributed by atoms with Gasteiger partial charge in [-0.05, 0) is 29.8 Å². The molecule has 2 aromatic rings. The maximum Gasteiger partial charge on any atom is 0.323 e. The number of nitrogens with zero attached hydrogens (tertiary/aromatic N) is 2. The van der Waals surface area contributed by atoms with Gasteiger partial charge < -0.3 is 5.11 Å². The van der Waals surface area contributed by atoms with Crippen molar-refractivity contribution in [2.24, 2.45) is 0 Å². The second kappa shape index (κ2) is 4.46. The van der Waals surface area contributed by atoms with Crippen LogP contribution in [-0.2, 0) is 11.3 Å². The number of rotatable bonds is 2. The van der Waals surface area contributed by atoms with Crippen molar-refractivity contribution in [3.63, 3.8) is 0 Å². The summed E-state index contributed by atoms with van der Waals surface area (Å²) in [6.07, 6.45) is 0. The number of benzene rings is 1. The largest absolute Gasteiger partial charge is 0.480 e. The molecule has 0 fully saturated rings. The number of hydrogen-bond donors (Lipinski definition) is 1. The summed E-state index contributed by atoms with van der Waals surface area (Å²) in [4.78, 5) is 26.6. The lowest BCUT2D eigenvalue weighted by molar-refractivity contribution is -0.137. The molecule has 0 amide bonds. The van der Waals surface area contributed by atoms with Crippen LogP contribution in [0.1, 0.15) is 0 Å². The van der Waals surface area contributed by atoms with Crippen molar-refractivity contribution < 1.29 is 9.90 Å². The van der Waals surface area contributed by atoms with Gasteiger partial charge in [-0.3, -0.25) is 14.2 Å². The first kappa shape index (κ1) is 12.1. The van der Waals surface area contributed by atoms with Crippen molar-refractivity contribution in [3.8, 4) is 0 Å². The molecule has 7 heteroatoms. The number of halogens is 2. The van der Waals surface area contributed by atoms with Crippen LogP contribution in [0.4, 0.5) is 0 Å². The minimum atomic E-state index is -1.15. The highest BCUT2D eigenvalue weighted by atomic mass is 79.9. The standard InChI is InChI=1S/C10H6BrClN2O3/c11-5-1-2-7-6(3-5)9(17)14(4-8(15)16)10(12)13-7/h1-3H,4H2,(H,15,16). The molecule has 0 aliphatic heterocycles. The average Bonchev–Trinajstić information content (AvgIpc) is 2.25. The first-order chi connectivity index (χ1) is 7.99. The van der Waals surface area contributed by atoms with E-state index in [2.05, 4.69) is 20.9 Å². The smallest absolute Gasteiger partial charge is 0.323 e. The van der Waals surface area contributed by atoms with Gasteiger partial charge in [0.05, 0.1) is 10.9 Å². The zero-order valence-corrected chi connectivity index (χ0v) is 10.7. The van der Waals surface area contributed by atoms with Gasteiger partial charge in [0, 0.05) is 4.47 Å². The van der Waals surface area contributed by atoms with Crippen molar-refractivity contribution in [3.05, 3.63) is 38.3 Å². The first-order valence-corrected chi connectivity index (χ1v) is 5.73. The second-order valence-electron chi connectivity index (χ2n) is 3.33. The summed E-state index contributed by atoms with van der Waals surface area (Å²) in [6.45, 7) is -0.507. The monoisotopic (exact) mass is 316 g/mol. The molecule has 1 heterocycles. The van der Waals surface area contributed by atoms with Gasteiger partial charge in [-0.2, -0.15) is 0 Å². The maximum absolute atomic E-state index is 12.0. The van der Waals surface area contributed by atoms with Crippen LogP contribution < -0.4 is 5.56 Å². The highest BCUT2D eigenvalue weighted by molar-refractivity contribution is 9.10. The first-order valence-electron chi connectivity index (χ1n) is 4.56. The normalized spacial score (nSPS) is 10.7. The second-order valence-corrected chi connectivity index (χ2v) is 4.58.